The van der Waals surface area contributed by atoms with E-state index >= 15 is 0 Å². The predicted octanol–water partition coefficient (Wildman–Crippen LogP) is 1.33. The Kier molecular flexibility index (Phi) is 1.43. The summed E-state index contributed by atoms with van der Waals surface area (Å²) in [6.45, 7) is 0. The fraction of sp³-hybridized carbons (Fsp3) is 0. The maximum atomic E-state index is 5.84. The predicted molar refractivity (Wildman–Crippen MR) is 51.1 cm³/mol. The average molecular weight is 206 g/mol. The Labute approximate surface area is 83.3 Å². The summed E-state index contributed by atoms with van der Waals surface area (Å²) in [4.78, 5) is 4.19. The van der Waals surface area contributed by atoms with Gasteiger partial charge in [0.15, 0.2) is 5.65 Å². The van der Waals surface area contributed by atoms with Crippen LogP contribution in [0.1, 0.15) is 0 Å². The van der Waals surface area contributed by atoms with Crippen molar-refractivity contribution >= 4 is 28.3 Å². The molecule has 0 fully saturated rings. The zero-order valence-corrected chi connectivity index (χ0v) is 7.68. The standard InChI is InChI=1S/C8H4ClN5/c9-5-1-2-7-6(3-5)10-4-8-11-12-13-14(7)8/h1-4H. The van der Waals surface area contributed by atoms with Gasteiger partial charge in [0.25, 0.3) is 0 Å². The van der Waals surface area contributed by atoms with Crippen molar-refractivity contribution in [3.05, 3.63) is 29.4 Å². The lowest BCUT2D eigenvalue weighted by atomic mass is 10.3. The van der Waals surface area contributed by atoms with Crippen LogP contribution in [0.3, 0.4) is 0 Å². The SMILES string of the molecule is Clc1ccc2c(c1)ncc1nnnn12. The van der Waals surface area contributed by atoms with Gasteiger partial charge in [0, 0.05) is 5.02 Å². The Balaban J connectivity index is 2.57. The molecule has 0 bridgehead atoms. The first kappa shape index (κ1) is 7.64. The fourth-order valence-corrected chi connectivity index (χ4v) is 1.52. The molecule has 1 aromatic carbocycles. The van der Waals surface area contributed by atoms with Crippen molar-refractivity contribution in [1.29, 1.82) is 0 Å². The minimum atomic E-state index is 0.625. The molecule has 0 aliphatic carbocycles. The molecule has 0 aliphatic rings. The molecule has 3 aromatic rings. The summed E-state index contributed by atoms with van der Waals surface area (Å²) >= 11 is 5.84. The smallest absolute Gasteiger partial charge is 0.198 e. The number of nitrogens with zero attached hydrogens (tertiary/aromatic N) is 5. The third-order valence-corrected chi connectivity index (χ3v) is 2.21. The summed E-state index contributed by atoms with van der Waals surface area (Å²) in [5.74, 6) is 0. The fourth-order valence-electron chi connectivity index (χ4n) is 1.35. The van der Waals surface area contributed by atoms with Crippen LogP contribution in [0.2, 0.25) is 5.02 Å². The molecule has 3 rings (SSSR count). The minimum Gasteiger partial charge on any atom is -0.251 e. The van der Waals surface area contributed by atoms with Crippen LogP contribution in [0.5, 0.6) is 0 Å². The van der Waals surface area contributed by atoms with Crippen LogP contribution in [0.4, 0.5) is 0 Å². The zero-order valence-electron chi connectivity index (χ0n) is 6.92. The Morgan fingerprint density at radius 3 is 3.14 bits per heavy atom. The first-order valence-corrected chi connectivity index (χ1v) is 4.35. The van der Waals surface area contributed by atoms with Gasteiger partial charge < -0.3 is 0 Å². The van der Waals surface area contributed by atoms with Crippen LogP contribution in [-0.4, -0.2) is 25.0 Å². The van der Waals surface area contributed by atoms with Gasteiger partial charge in [-0.2, -0.15) is 4.52 Å². The number of tetrazole rings is 1. The number of halogens is 1. The van der Waals surface area contributed by atoms with Crippen LogP contribution in [-0.2, 0) is 0 Å². The third kappa shape index (κ3) is 0.958. The van der Waals surface area contributed by atoms with Gasteiger partial charge in [0.05, 0.1) is 17.2 Å². The molecule has 2 heterocycles. The zero-order chi connectivity index (χ0) is 9.54. The molecule has 0 radical (unpaired) electrons. The molecule has 2 aromatic heterocycles. The summed E-state index contributed by atoms with van der Waals surface area (Å²) in [6.07, 6.45) is 1.61. The van der Waals surface area contributed by atoms with E-state index in [-0.39, 0.29) is 0 Å². The van der Waals surface area contributed by atoms with Gasteiger partial charge in [-0.15, -0.1) is 5.10 Å². The number of fused-ring (bicyclic) bond motifs is 3. The molecule has 68 valence electrons. The molecule has 0 atom stereocenters. The monoisotopic (exact) mass is 205 g/mol. The second kappa shape index (κ2) is 2.62. The molecule has 0 spiro atoms. The maximum Gasteiger partial charge on any atom is 0.198 e. The summed E-state index contributed by atoms with van der Waals surface area (Å²) < 4.78 is 1.62. The molecule has 0 aliphatic heterocycles. The Hall–Kier alpha value is -1.75. The molecule has 0 N–H and O–H groups in total. The molecule has 0 amide bonds. The lowest BCUT2D eigenvalue weighted by Crippen LogP contribution is -1.92. The molecule has 0 saturated carbocycles. The van der Waals surface area contributed by atoms with Crippen molar-refractivity contribution in [1.82, 2.24) is 25.0 Å². The molecular weight excluding hydrogens is 202 g/mol. The second-order valence-electron chi connectivity index (χ2n) is 2.84. The first-order valence-electron chi connectivity index (χ1n) is 3.97. The normalized spacial score (nSPS) is 11.2. The topological polar surface area (TPSA) is 56.0 Å². The van der Waals surface area contributed by atoms with Crippen LogP contribution in [0, 0.1) is 0 Å². The Bertz CT molecular complexity index is 617. The summed E-state index contributed by atoms with van der Waals surface area (Å²) in [5.41, 5.74) is 2.24. The minimum absolute atomic E-state index is 0.625. The van der Waals surface area contributed by atoms with E-state index in [9.17, 15) is 0 Å². The van der Waals surface area contributed by atoms with E-state index in [1.54, 1.807) is 22.8 Å². The number of aromatic nitrogens is 5. The van der Waals surface area contributed by atoms with Gasteiger partial charge >= 0.3 is 0 Å². The lowest BCUT2D eigenvalue weighted by Gasteiger charge is -1.98. The van der Waals surface area contributed by atoms with Crippen molar-refractivity contribution in [2.24, 2.45) is 0 Å². The molecule has 14 heavy (non-hydrogen) atoms. The van der Waals surface area contributed by atoms with E-state index in [1.807, 2.05) is 6.07 Å². The number of benzene rings is 1. The van der Waals surface area contributed by atoms with Crippen LogP contribution >= 0.6 is 11.6 Å². The highest BCUT2D eigenvalue weighted by Gasteiger charge is 2.03. The number of rotatable bonds is 0. The van der Waals surface area contributed by atoms with Gasteiger partial charge in [0.2, 0.25) is 0 Å². The van der Waals surface area contributed by atoms with Gasteiger partial charge in [0.1, 0.15) is 0 Å². The van der Waals surface area contributed by atoms with E-state index in [1.165, 1.54) is 0 Å². The highest BCUT2D eigenvalue weighted by molar-refractivity contribution is 6.31. The Morgan fingerprint density at radius 1 is 1.29 bits per heavy atom. The second-order valence-corrected chi connectivity index (χ2v) is 3.28. The van der Waals surface area contributed by atoms with E-state index in [0.29, 0.717) is 10.7 Å². The van der Waals surface area contributed by atoms with E-state index in [0.717, 1.165) is 11.0 Å². The van der Waals surface area contributed by atoms with Crippen molar-refractivity contribution in [2.75, 3.05) is 0 Å². The quantitative estimate of drug-likeness (QED) is 0.556. The van der Waals surface area contributed by atoms with Crippen LogP contribution in [0.15, 0.2) is 24.4 Å². The first-order chi connectivity index (χ1) is 6.84. The average Bonchev–Trinajstić information content (AvgIpc) is 2.65. The largest absolute Gasteiger partial charge is 0.251 e. The van der Waals surface area contributed by atoms with Crippen molar-refractivity contribution in [3.63, 3.8) is 0 Å². The Morgan fingerprint density at radius 2 is 2.21 bits per heavy atom. The number of hydrogen-bond donors (Lipinski definition) is 0. The van der Waals surface area contributed by atoms with Crippen LogP contribution < -0.4 is 0 Å². The summed E-state index contributed by atoms with van der Waals surface area (Å²) in [5, 5.41) is 11.9. The van der Waals surface area contributed by atoms with E-state index in [2.05, 4.69) is 20.5 Å². The van der Waals surface area contributed by atoms with E-state index < -0.39 is 0 Å². The summed E-state index contributed by atoms with van der Waals surface area (Å²) in [7, 11) is 0. The number of hydrogen-bond acceptors (Lipinski definition) is 4. The van der Waals surface area contributed by atoms with Crippen molar-refractivity contribution < 1.29 is 0 Å². The van der Waals surface area contributed by atoms with Gasteiger partial charge in [-0.05, 0) is 28.6 Å². The van der Waals surface area contributed by atoms with Gasteiger partial charge in [-0.3, -0.25) is 4.98 Å². The molecular formula is C8H4ClN5. The van der Waals surface area contributed by atoms with Crippen molar-refractivity contribution in [3.8, 4) is 0 Å². The van der Waals surface area contributed by atoms with Crippen LogP contribution in [0.25, 0.3) is 16.7 Å². The third-order valence-electron chi connectivity index (χ3n) is 1.98. The maximum absolute atomic E-state index is 5.84. The lowest BCUT2D eigenvalue weighted by molar-refractivity contribution is 0.840. The van der Waals surface area contributed by atoms with Gasteiger partial charge in [-0.1, -0.05) is 11.6 Å². The van der Waals surface area contributed by atoms with E-state index in [4.69, 9.17) is 11.6 Å². The molecule has 0 saturated heterocycles. The highest BCUT2D eigenvalue weighted by atomic mass is 35.5. The van der Waals surface area contributed by atoms with Gasteiger partial charge in [-0.25, -0.2) is 0 Å². The summed E-state index contributed by atoms with van der Waals surface area (Å²) in [6, 6.07) is 5.40. The van der Waals surface area contributed by atoms with Crippen molar-refractivity contribution in [2.45, 2.75) is 0 Å². The molecule has 0 unspecified atom stereocenters. The highest BCUT2D eigenvalue weighted by Crippen LogP contribution is 2.16. The molecule has 6 heteroatoms. The molecule has 5 nitrogen and oxygen atoms in total.